The Morgan fingerprint density at radius 3 is 0.968 bits per heavy atom. The van der Waals surface area contributed by atoms with E-state index in [9.17, 15) is 19.8 Å². The zero-order valence-electron chi connectivity index (χ0n) is 42.8. The van der Waals surface area contributed by atoms with Crippen molar-refractivity contribution in [3.8, 4) is 0 Å². The Labute approximate surface area is 394 Å². The predicted octanol–water partition coefficient (Wildman–Crippen LogP) is 17.5. The summed E-state index contributed by atoms with van der Waals surface area (Å²) in [5, 5.41) is 23.3. The highest BCUT2D eigenvalue weighted by Crippen LogP contribution is 2.18. The van der Waals surface area contributed by atoms with Crippen LogP contribution in [0.4, 0.5) is 0 Å². The van der Waals surface area contributed by atoms with Gasteiger partial charge in [0.05, 0.1) is 25.4 Å². The van der Waals surface area contributed by atoms with Gasteiger partial charge in [-0.25, -0.2) is 0 Å². The number of carbonyl (C=O) groups is 2. The number of hydrogen-bond acceptors (Lipinski definition) is 5. The molecule has 1 amide bonds. The van der Waals surface area contributed by atoms with Crippen LogP contribution < -0.4 is 5.32 Å². The second kappa shape index (κ2) is 53.5. The van der Waals surface area contributed by atoms with E-state index < -0.39 is 12.1 Å². The van der Waals surface area contributed by atoms with Crippen molar-refractivity contribution in [1.82, 2.24) is 5.32 Å². The fourth-order valence-corrected chi connectivity index (χ4v) is 9.23. The van der Waals surface area contributed by atoms with Crippen LogP contribution in [0.3, 0.4) is 0 Å². The molecule has 3 N–H and O–H groups in total. The Kier molecular flexibility index (Phi) is 52.5. The van der Waals surface area contributed by atoms with Crippen molar-refractivity contribution in [3.63, 3.8) is 0 Å². The average molecular weight is 893 g/mol. The standard InChI is InChI=1S/C57H113NO5/c1-3-5-7-9-11-13-15-17-18-19-20-21-22-23-26-29-33-37-41-45-49-55(60)54(53-59)58-56(61)50-46-42-38-34-30-27-24-28-32-36-40-44-48-52-63-57(62)51-47-43-39-35-31-25-16-14-12-10-8-6-4-2/h54-55,59-60H,3-53H2,1-2H3,(H,58,61). The Bertz CT molecular complexity index is 898. The quantitative estimate of drug-likeness (QED) is 0.0418. The number of unbranched alkanes of at least 4 members (excludes halogenated alkanes) is 43. The minimum atomic E-state index is -0.672. The molecule has 2 atom stereocenters. The third-order valence-electron chi connectivity index (χ3n) is 13.7. The third kappa shape index (κ3) is 50.1. The summed E-state index contributed by atoms with van der Waals surface area (Å²) in [5.74, 6) is -0.0463. The Morgan fingerprint density at radius 1 is 0.381 bits per heavy atom. The molecule has 6 nitrogen and oxygen atoms in total. The van der Waals surface area contributed by atoms with E-state index in [0.717, 1.165) is 51.4 Å². The number of amides is 1. The molecule has 2 unspecified atom stereocenters. The van der Waals surface area contributed by atoms with Crippen LogP contribution >= 0.6 is 0 Å². The second-order valence-corrected chi connectivity index (χ2v) is 20.0. The monoisotopic (exact) mass is 892 g/mol. The Morgan fingerprint density at radius 2 is 0.651 bits per heavy atom. The molecule has 0 rings (SSSR count). The molecule has 0 aliphatic rings. The van der Waals surface area contributed by atoms with Gasteiger partial charge in [0.25, 0.3) is 0 Å². The Balaban J connectivity index is 3.43. The van der Waals surface area contributed by atoms with E-state index in [0.29, 0.717) is 25.9 Å². The number of aliphatic hydroxyl groups is 2. The molecule has 0 radical (unpaired) electrons. The summed E-state index contributed by atoms with van der Waals surface area (Å²) in [7, 11) is 0. The summed E-state index contributed by atoms with van der Waals surface area (Å²) in [6.45, 7) is 4.95. The molecule has 0 fully saturated rings. The zero-order chi connectivity index (χ0) is 45.8. The van der Waals surface area contributed by atoms with Crippen LogP contribution in [-0.4, -0.2) is 47.4 Å². The largest absolute Gasteiger partial charge is 0.466 e. The first kappa shape index (κ1) is 61.9. The van der Waals surface area contributed by atoms with E-state index in [4.69, 9.17) is 4.74 Å². The summed E-state index contributed by atoms with van der Waals surface area (Å²) in [5.41, 5.74) is 0. The van der Waals surface area contributed by atoms with Crippen molar-refractivity contribution in [3.05, 3.63) is 0 Å². The highest BCUT2D eigenvalue weighted by Gasteiger charge is 2.20. The lowest BCUT2D eigenvalue weighted by molar-refractivity contribution is -0.143. The molecule has 0 aliphatic carbocycles. The van der Waals surface area contributed by atoms with Crippen LogP contribution in [0.1, 0.15) is 328 Å². The van der Waals surface area contributed by atoms with E-state index in [-0.39, 0.29) is 18.5 Å². The van der Waals surface area contributed by atoms with E-state index in [1.54, 1.807) is 0 Å². The van der Waals surface area contributed by atoms with Gasteiger partial charge in [0.2, 0.25) is 5.91 Å². The topological polar surface area (TPSA) is 95.9 Å². The molecule has 0 aromatic carbocycles. The van der Waals surface area contributed by atoms with E-state index >= 15 is 0 Å². The number of ether oxygens (including phenoxy) is 1. The van der Waals surface area contributed by atoms with Gasteiger partial charge in [-0.2, -0.15) is 0 Å². The van der Waals surface area contributed by atoms with Gasteiger partial charge in [-0.1, -0.05) is 290 Å². The number of hydrogen-bond donors (Lipinski definition) is 3. The third-order valence-corrected chi connectivity index (χ3v) is 13.7. The van der Waals surface area contributed by atoms with E-state index in [1.807, 2.05) is 0 Å². The van der Waals surface area contributed by atoms with Gasteiger partial charge in [-0.15, -0.1) is 0 Å². The fraction of sp³-hybridized carbons (Fsp3) is 0.965. The SMILES string of the molecule is CCCCCCCCCCCCCCCCCCCCCCC(O)C(CO)NC(=O)CCCCCCCCCCCCCCCOC(=O)CCCCCCCCCCCCCCC. The first-order chi connectivity index (χ1) is 31.0. The first-order valence-electron chi connectivity index (χ1n) is 28.8. The smallest absolute Gasteiger partial charge is 0.305 e. The van der Waals surface area contributed by atoms with Crippen molar-refractivity contribution in [2.45, 2.75) is 341 Å². The van der Waals surface area contributed by atoms with Crippen molar-refractivity contribution < 1.29 is 24.5 Å². The summed E-state index contributed by atoms with van der Waals surface area (Å²) >= 11 is 0. The summed E-state index contributed by atoms with van der Waals surface area (Å²) < 4.78 is 5.47. The molecule has 6 heteroatoms. The van der Waals surface area contributed by atoms with Gasteiger partial charge in [-0.05, 0) is 25.7 Å². The van der Waals surface area contributed by atoms with Gasteiger partial charge in [0.15, 0.2) is 0 Å². The highest BCUT2D eigenvalue weighted by atomic mass is 16.5. The highest BCUT2D eigenvalue weighted by molar-refractivity contribution is 5.76. The first-order valence-corrected chi connectivity index (χ1v) is 28.8. The molecular formula is C57H113NO5. The molecule has 0 saturated carbocycles. The van der Waals surface area contributed by atoms with Crippen molar-refractivity contribution in [2.24, 2.45) is 0 Å². The van der Waals surface area contributed by atoms with E-state index in [1.165, 1.54) is 244 Å². The lowest BCUT2D eigenvalue weighted by Crippen LogP contribution is -2.45. The van der Waals surface area contributed by atoms with Gasteiger partial charge in [0, 0.05) is 12.8 Å². The maximum atomic E-state index is 12.5. The normalized spacial score (nSPS) is 12.5. The number of rotatable bonds is 54. The van der Waals surface area contributed by atoms with Crippen LogP contribution in [0.2, 0.25) is 0 Å². The molecule has 0 heterocycles. The lowest BCUT2D eigenvalue weighted by atomic mass is 10.0. The number of aliphatic hydroxyl groups excluding tert-OH is 2. The molecule has 0 saturated heterocycles. The summed E-state index contributed by atoms with van der Waals surface area (Å²) in [6, 6.07) is -0.550. The van der Waals surface area contributed by atoms with Crippen LogP contribution in [-0.2, 0) is 14.3 Å². The van der Waals surface area contributed by atoms with Gasteiger partial charge < -0.3 is 20.3 Å². The Hall–Kier alpha value is -1.14. The summed E-state index contributed by atoms with van der Waals surface area (Å²) in [6.07, 6.45) is 60.8. The molecule has 0 aromatic heterocycles. The lowest BCUT2D eigenvalue weighted by Gasteiger charge is -2.22. The molecule has 0 bridgehead atoms. The van der Waals surface area contributed by atoms with Gasteiger partial charge in [-0.3, -0.25) is 9.59 Å². The van der Waals surface area contributed by atoms with Crippen molar-refractivity contribution in [2.75, 3.05) is 13.2 Å². The van der Waals surface area contributed by atoms with Crippen LogP contribution in [0.5, 0.6) is 0 Å². The second-order valence-electron chi connectivity index (χ2n) is 20.0. The van der Waals surface area contributed by atoms with Gasteiger partial charge >= 0.3 is 5.97 Å². The van der Waals surface area contributed by atoms with Crippen LogP contribution in [0, 0.1) is 0 Å². The van der Waals surface area contributed by atoms with Gasteiger partial charge in [0.1, 0.15) is 0 Å². The van der Waals surface area contributed by atoms with E-state index in [2.05, 4.69) is 19.2 Å². The number of carbonyl (C=O) groups excluding carboxylic acids is 2. The molecule has 0 spiro atoms. The fourth-order valence-electron chi connectivity index (χ4n) is 9.23. The number of esters is 1. The minimum absolute atomic E-state index is 0.00263. The molecule has 376 valence electrons. The maximum Gasteiger partial charge on any atom is 0.305 e. The van der Waals surface area contributed by atoms with Crippen molar-refractivity contribution in [1.29, 1.82) is 0 Å². The zero-order valence-corrected chi connectivity index (χ0v) is 42.8. The number of nitrogens with one attached hydrogen (secondary N) is 1. The molecule has 0 aliphatic heterocycles. The summed E-state index contributed by atoms with van der Waals surface area (Å²) in [4.78, 5) is 24.5. The maximum absolute atomic E-state index is 12.5. The predicted molar refractivity (Wildman–Crippen MR) is 274 cm³/mol. The van der Waals surface area contributed by atoms with Crippen molar-refractivity contribution >= 4 is 11.9 Å². The molecular weight excluding hydrogens is 779 g/mol. The molecule has 63 heavy (non-hydrogen) atoms. The molecule has 0 aromatic rings. The minimum Gasteiger partial charge on any atom is -0.466 e. The van der Waals surface area contributed by atoms with Crippen LogP contribution in [0.15, 0.2) is 0 Å². The average Bonchev–Trinajstić information content (AvgIpc) is 3.28. The van der Waals surface area contributed by atoms with Crippen LogP contribution in [0.25, 0.3) is 0 Å².